The Hall–Kier alpha value is -3.59. The largest absolute Gasteiger partial charge is 0.495 e. The van der Waals surface area contributed by atoms with E-state index < -0.39 is 0 Å². The van der Waals surface area contributed by atoms with Crippen LogP contribution in [0.4, 0.5) is 27.9 Å². The lowest BCUT2D eigenvalue weighted by molar-refractivity contribution is 0.252. The van der Waals surface area contributed by atoms with E-state index in [2.05, 4.69) is 36.2 Å². The topological polar surface area (TPSA) is 113 Å². The molecule has 30 heavy (non-hydrogen) atoms. The van der Waals surface area contributed by atoms with Gasteiger partial charge in [-0.2, -0.15) is 0 Å². The van der Waals surface area contributed by atoms with Crippen molar-refractivity contribution in [3.05, 3.63) is 59.5 Å². The van der Waals surface area contributed by atoms with Crippen LogP contribution in [0.1, 0.15) is 5.82 Å². The van der Waals surface area contributed by atoms with E-state index in [1.54, 1.807) is 37.4 Å². The Kier molecular flexibility index (Phi) is 7.23. The third-order valence-electron chi connectivity index (χ3n) is 3.89. The van der Waals surface area contributed by atoms with Crippen LogP contribution in [0, 0.1) is 6.92 Å². The molecule has 4 N–H and O–H groups in total. The van der Waals surface area contributed by atoms with Crippen molar-refractivity contribution >= 4 is 40.8 Å². The first-order valence-corrected chi connectivity index (χ1v) is 9.57. The predicted molar refractivity (Wildman–Crippen MR) is 118 cm³/mol. The van der Waals surface area contributed by atoms with Crippen LogP contribution >= 0.6 is 11.6 Å². The molecule has 0 unspecified atom stereocenters. The number of halogens is 1. The number of aromatic nitrogens is 3. The normalized spacial score (nSPS) is 10.2. The molecule has 0 atom stereocenters. The molecule has 10 heteroatoms. The molecular weight excluding hydrogens is 406 g/mol. The average molecular weight is 428 g/mol. The van der Waals surface area contributed by atoms with Crippen molar-refractivity contribution in [2.45, 2.75) is 6.92 Å². The van der Waals surface area contributed by atoms with E-state index in [4.69, 9.17) is 16.3 Å². The van der Waals surface area contributed by atoms with Crippen molar-refractivity contribution in [1.82, 2.24) is 20.3 Å². The lowest BCUT2D eigenvalue weighted by atomic mass is 10.3. The van der Waals surface area contributed by atoms with Crippen LogP contribution < -0.4 is 26.0 Å². The lowest BCUT2D eigenvalue weighted by Crippen LogP contribution is -2.32. The van der Waals surface area contributed by atoms with E-state index in [1.165, 1.54) is 7.11 Å². The van der Waals surface area contributed by atoms with Crippen LogP contribution in [0.25, 0.3) is 0 Å². The minimum atomic E-state index is -0.367. The summed E-state index contributed by atoms with van der Waals surface area (Å²) in [7, 11) is 1.52. The number of ether oxygens (including phenoxy) is 1. The molecule has 0 spiro atoms. The molecule has 2 heterocycles. The van der Waals surface area contributed by atoms with E-state index in [-0.39, 0.29) is 6.03 Å². The molecule has 0 radical (unpaired) electrons. The second-order valence-corrected chi connectivity index (χ2v) is 6.61. The monoisotopic (exact) mass is 427 g/mol. The van der Waals surface area contributed by atoms with Crippen molar-refractivity contribution in [2.75, 3.05) is 36.1 Å². The Labute approximate surface area is 179 Å². The van der Waals surface area contributed by atoms with Gasteiger partial charge in [-0.1, -0.05) is 17.7 Å². The van der Waals surface area contributed by atoms with E-state index in [1.807, 2.05) is 18.2 Å². The van der Waals surface area contributed by atoms with Crippen molar-refractivity contribution in [3.63, 3.8) is 0 Å². The highest BCUT2D eigenvalue weighted by atomic mass is 35.5. The molecule has 2 aromatic heterocycles. The van der Waals surface area contributed by atoms with Crippen LogP contribution in [0.15, 0.2) is 48.7 Å². The molecule has 1 aromatic carbocycles. The summed E-state index contributed by atoms with van der Waals surface area (Å²) in [5.41, 5.74) is 0.493. The number of urea groups is 1. The summed E-state index contributed by atoms with van der Waals surface area (Å²) in [5, 5.41) is 12.3. The van der Waals surface area contributed by atoms with Gasteiger partial charge in [0.2, 0.25) is 0 Å². The fraction of sp³-hybridized carbons (Fsp3) is 0.200. The fourth-order valence-electron chi connectivity index (χ4n) is 2.60. The molecule has 0 saturated carbocycles. The smallest absolute Gasteiger partial charge is 0.319 e. The molecule has 156 valence electrons. The van der Waals surface area contributed by atoms with E-state index in [9.17, 15) is 4.79 Å². The van der Waals surface area contributed by atoms with Gasteiger partial charge in [0.05, 0.1) is 12.8 Å². The Balaban J connectivity index is 1.49. The van der Waals surface area contributed by atoms with Gasteiger partial charge in [-0.25, -0.2) is 19.7 Å². The molecule has 0 aliphatic heterocycles. The third-order valence-corrected chi connectivity index (χ3v) is 4.12. The summed E-state index contributed by atoms with van der Waals surface area (Å²) in [6.07, 6.45) is 1.70. The first-order chi connectivity index (χ1) is 14.5. The number of hydrogen-bond acceptors (Lipinski definition) is 7. The first-order valence-electron chi connectivity index (χ1n) is 9.19. The number of anilines is 4. The van der Waals surface area contributed by atoms with Crippen LogP contribution in [0.3, 0.4) is 0 Å². The van der Waals surface area contributed by atoms with E-state index >= 15 is 0 Å². The third kappa shape index (κ3) is 6.21. The number of nitrogens with zero attached hydrogens (tertiary/aromatic N) is 3. The van der Waals surface area contributed by atoms with Crippen molar-refractivity contribution in [3.8, 4) is 5.75 Å². The zero-order valence-electron chi connectivity index (χ0n) is 16.6. The summed E-state index contributed by atoms with van der Waals surface area (Å²) in [5.74, 6) is 3.09. The van der Waals surface area contributed by atoms with Gasteiger partial charge in [0.1, 0.15) is 29.0 Å². The number of hydrogen-bond donors (Lipinski definition) is 4. The lowest BCUT2D eigenvalue weighted by Gasteiger charge is -2.12. The van der Waals surface area contributed by atoms with Gasteiger partial charge in [-0.05, 0) is 37.3 Å². The summed E-state index contributed by atoms with van der Waals surface area (Å²) >= 11 is 5.97. The zero-order chi connectivity index (χ0) is 21.3. The minimum absolute atomic E-state index is 0.367. The highest BCUT2D eigenvalue weighted by Gasteiger charge is 2.08. The Morgan fingerprint density at radius 2 is 1.90 bits per heavy atom. The molecule has 0 fully saturated rings. The number of nitrogens with one attached hydrogen (secondary N) is 4. The molecule has 9 nitrogen and oxygen atoms in total. The number of rotatable bonds is 8. The number of amides is 2. The highest BCUT2D eigenvalue weighted by molar-refractivity contribution is 6.31. The maximum Gasteiger partial charge on any atom is 0.319 e. The summed E-state index contributed by atoms with van der Waals surface area (Å²) in [6, 6.07) is 12.0. The number of methoxy groups -OCH3 is 1. The van der Waals surface area contributed by atoms with Gasteiger partial charge in [0, 0.05) is 30.4 Å². The average Bonchev–Trinajstić information content (AvgIpc) is 2.72. The number of aryl methyl sites for hydroxylation is 1. The highest BCUT2D eigenvalue weighted by Crippen LogP contribution is 2.27. The van der Waals surface area contributed by atoms with E-state index in [0.717, 1.165) is 0 Å². The minimum Gasteiger partial charge on any atom is -0.495 e. The number of carbonyl (C=O) groups is 1. The first kappa shape index (κ1) is 21.1. The van der Waals surface area contributed by atoms with Crippen LogP contribution in [-0.2, 0) is 0 Å². The molecule has 2 amide bonds. The quantitative estimate of drug-likeness (QED) is 0.404. The Morgan fingerprint density at radius 1 is 1.07 bits per heavy atom. The molecule has 3 rings (SSSR count). The second kappa shape index (κ2) is 10.3. The Bertz CT molecular complexity index is 1000. The summed E-state index contributed by atoms with van der Waals surface area (Å²) in [4.78, 5) is 25.0. The molecule has 0 aliphatic rings. The standard InChI is InChI=1S/C20H22ClN7O2/c1-13-25-18(12-19(26-13)28-17-5-3-4-8-22-17)23-9-10-24-20(29)27-15-11-14(21)6-7-16(15)30-2/h3-8,11-12H,9-10H2,1-2H3,(H2,24,27,29)(H2,22,23,25,26,28). The van der Waals surface area contributed by atoms with Crippen molar-refractivity contribution in [2.24, 2.45) is 0 Å². The van der Waals surface area contributed by atoms with Gasteiger partial charge in [-0.3, -0.25) is 0 Å². The second-order valence-electron chi connectivity index (χ2n) is 6.18. The van der Waals surface area contributed by atoms with Crippen LogP contribution in [0.2, 0.25) is 5.02 Å². The maximum absolute atomic E-state index is 12.1. The van der Waals surface area contributed by atoms with Gasteiger partial charge >= 0.3 is 6.03 Å². The SMILES string of the molecule is COc1ccc(Cl)cc1NC(=O)NCCNc1cc(Nc2ccccn2)nc(C)n1. The summed E-state index contributed by atoms with van der Waals surface area (Å²) in [6.45, 7) is 2.65. The Morgan fingerprint density at radius 3 is 2.67 bits per heavy atom. The zero-order valence-corrected chi connectivity index (χ0v) is 17.3. The summed E-state index contributed by atoms with van der Waals surface area (Å²) < 4.78 is 5.21. The van der Waals surface area contributed by atoms with Gasteiger partial charge in [0.15, 0.2) is 0 Å². The number of benzene rings is 1. The molecule has 3 aromatic rings. The van der Waals surface area contributed by atoms with Gasteiger partial charge < -0.3 is 26.0 Å². The number of pyridine rings is 1. The van der Waals surface area contributed by atoms with Gasteiger partial charge in [-0.15, -0.1) is 0 Å². The molecule has 0 bridgehead atoms. The van der Waals surface area contributed by atoms with Gasteiger partial charge in [0.25, 0.3) is 0 Å². The van der Waals surface area contributed by atoms with E-state index in [0.29, 0.717) is 52.8 Å². The molecule has 0 saturated heterocycles. The molecular formula is C20H22ClN7O2. The number of carbonyl (C=O) groups excluding carboxylic acids is 1. The predicted octanol–water partition coefficient (Wildman–Crippen LogP) is 3.82. The van der Waals surface area contributed by atoms with Crippen molar-refractivity contribution < 1.29 is 9.53 Å². The van der Waals surface area contributed by atoms with Crippen LogP contribution in [-0.4, -0.2) is 41.2 Å². The maximum atomic E-state index is 12.1. The van der Waals surface area contributed by atoms with Crippen LogP contribution in [0.5, 0.6) is 5.75 Å². The van der Waals surface area contributed by atoms with Crippen molar-refractivity contribution in [1.29, 1.82) is 0 Å². The molecule has 0 aliphatic carbocycles. The fourth-order valence-corrected chi connectivity index (χ4v) is 2.77.